The summed E-state index contributed by atoms with van der Waals surface area (Å²) in [4.78, 5) is 28.5. The lowest BCUT2D eigenvalue weighted by molar-refractivity contribution is -0.135. The number of rotatable bonds is 5. The highest BCUT2D eigenvalue weighted by atomic mass is 35.5. The van der Waals surface area contributed by atoms with Crippen LogP contribution in [0.3, 0.4) is 0 Å². The molecule has 2 aliphatic rings. The van der Waals surface area contributed by atoms with Gasteiger partial charge in [0.2, 0.25) is 5.91 Å². The Hall–Kier alpha value is -3.13. The molecule has 0 aliphatic carbocycles. The summed E-state index contributed by atoms with van der Waals surface area (Å²) in [6, 6.07) is 15.6. The first kappa shape index (κ1) is 24.6. The molecular weight excluding hydrogens is 506 g/mol. The Balaban J connectivity index is 1.48. The summed E-state index contributed by atoms with van der Waals surface area (Å²) in [6.45, 7) is 2.46. The van der Waals surface area contributed by atoms with Gasteiger partial charge in [0.25, 0.3) is 0 Å². The molecule has 6 nitrogen and oxygen atoms in total. The Morgan fingerprint density at radius 2 is 1.75 bits per heavy atom. The van der Waals surface area contributed by atoms with Crippen LogP contribution < -0.4 is 15.0 Å². The van der Waals surface area contributed by atoms with Gasteiger partial charge < -0.3 is 14.8 Å². The zero-order valence-electron chi connectivity index (χ0n) is 19.4. The number of nitrogens with zero attached hydrogens (tertiary/aromatic N) is 1. The SMILES string of the molecule is C[C@H](Nc1c(F)cccc1Cl)C(=O)Oc1ccccc1N1C(=O)C2(CCOCC2)c2cccc(Cl)c21. The maximum absolute atomic E-state index is 14.2. The number of benzene rings is 3. The van der Waals surface area contributed by atoms with Crippen molar-refractivity contribution >= 4 is 52.1 Å². The van der Waals surface area contributed by atoms with Crippen LogP contribution in [0.1, 0.15) is 25.3 Å². The molecular formula is C27H23Cl2FN2O4. The lowest BCUT2D eigenvalue weighted by Crippen LogP contribution is -2.42. The van der Waals surface area contributed by atoms with Gasteiger partial charge in [0.05, 0.1) is 32.5 Å². The summed E-state index contributed by atoms with van der Waals surface area (Å²) in [5.74, 6) is -1.22. The second-order valence-electron chi connectivity index (χ2n) is 8.82. The summed E-state index contributed by atoms with van der Waals surface area (Å²) in [5, 5.41) is 3.34. The van der Waals surface area contributed by atoms with Gasteiger partial charge in [-0.1, -0.05) is 53.5 Å². The first-order valence-corrected chi connectivity index (χ1v) is 12.3. The molecule has 3 aromatic carbocycles. The number of fused-ring (bicyclic) bond motifs is 2. The lowest BCUT2D eigenvalue weighted by Gasteiger charge is -2.32. The van der Waals surface area contributed by atoms with E-state index in [9.17, 15) is 14.0 Å². The van der Waals surface area contributed by atoms with Crippen molar-refractivity contribution in [2.75, 3.05) is 23.4 Å². The molecule has 0 saturated carbocycles. The van der Waals surface area contributed by atoms with Crippen LogP contribution >= 0.6 is 23.2 Å². The smallest absolute Gasteiger partial charge is 0.333 e. The molecule has 0 aromatic heterocycles. The van der Waals surface area contributed by atoms with E-state index in [0.29, 0.717) is 42.5 Å². The van der Waals surface area contributed by atoms with Crippen LogP contribution in [0, 0.1) is 5.82 Å². The number of nitrogens with one attached hydrogen (secondary N) is 1. The fourth-order valence-electron chi connectivity index (χ4n) is 4.83. The van der Waals surface area contributed by atoms with Crippen molar-refractivity contribution in [3.8, 4) is 5.75 Å². The fourth-order valence-corrected chi connectivity index (χ4v) is 5.31. The van der Waals surface area contributed by atoms with Gasteiger partial charge in [-0.2, -0.15) is 0 Å². The van der Waals surface area contributed by atoms with Gasteiger partial charge in [-0.15, -0.1) is 0 Å². The number of amides is 1. The zero-order chi connectivity index (χ0) is 25.4. The van der Waals surface area contributed by atoms with Crippen LogP contribution in [0.5, 0.6) is 5.75 Å². The lowest BCUT2D eigenvalue weighted by atomic mass is 9.75. The third-order valence-electron chi connectivity index (χ3n) is 6.68. The van der Waals surface area contributed by atoms with Crippen molar-refractivity contribution in [2.24, 2.45) is 0 Å². The van der Waals surface area contributed by atoms with Crippen LogP contribution in [0.15, 0.2) is 60.7 Å². The molecule has 3 aromatic rings. The van der Waals surface area contributed by atoms with Crippen molar-refractivity contribution in [1.29, 1.82) is 0 Å². The summed E-state index contributed by atoms with van der Waals surface area (Å²) in [7, 11) is 0. The van der Waals surface area contributed by atoms with E-state index in [-0.39, 0.29) is 22.4 Å². The summed E-state index contributed by atoms with van der Waals surface area (Å²) in [6.07, 6.45) is 1.06. The molecule has 1 spiro atoms. The minimum Gasteiger partial charge on any atom is -0.423 e. The number of hydrogen-bond donors (Lipinski definition) is 1. The Morgan fingerprint density at radius 3 is 2.50 bits per heavy atom. The van der Waals surface area contributed by atoms with Crippen molar-refractivity contribution in [3.05, 3.63) is 82.1 Å². The Kier molecular flexibility index (Phi) is 6.64. The van der Waals surface area contributed by atoms with E-state index in [2.05, 4.69) is 5.32 Å². The normalized spacial score (nSPS) is 17.1. The number of carbonyl (C=O) groups is 2. The van der Waals surface area contributed by atoms with E-state index in [4.69, 9.17) is 32.7 Å². The molecule has 0 radical (unpaired) electrons. The highest BCUT2D eigenvalue weighted by Gasteiger charge is 2.53. The van der Waals surface area contributed by atoms with E-state index >= 15 is 0 Å². The predicted octanol–water partition coefficient (Wildman–Crippen LogP) is 6.27. The minimum atomic E-state index is -0.931. The zero-order valence-corrected chi connectivity index (χ0v) is 20.9. The third-order valence-corrected chi connectivity index (χ3v) is 7.30. The molecule has 186 valence electrons. The Morgan fingerprint density at radius 1 is 1.06 bits per heavy atom. The highest BCUT2D eigenvalue weighted by Crippen LogP contribution is 2.54. The number of halogens is 3. The van der Waals surface area contributed by atoms with Crippen molar-refractivity contribution in [1.82, 2.24) is 0 Å². The van der Waals surface area contributed by atoms with Crippen LogP contribution in [0.4, 0.5) is 21.5 Å². The van der Waals surface area contributed by atoms with Gasteiger partial charge in [0.15, 0.2) is 5.75 Å². The van der Waals surface area contributed by atoms with Crippen molar-refractivity contribution in [3.63, 3.8) is 0 Å². The molecule has 1 amide bonds. The second kappa shape index (κ2) is 9.73. The van der Waals surface area contributed by atoms with E-state index in [1.807, 2.05) is 12.1 Å². The Bertz CT molecular complexity index is 1320. The summed E-state index contributed by atoms with van der Waals surface area (Å²) >= 11 is 12.7. The third kappa shape index (κ3) is 4.11. The maximum Gasteiger partial charge on any atom is 0.333 e. The van der Waals surface area contributed by atoms with E-state index in [1.165, 1.54) is 30.0 Å². The van der Waals surface area contributed by atoms with Crippen LogP contribution in [-0.2, 0) is 19.7 Å². The van der Waals surface area contributed by atoms with E-state index < -0.39 is 23.2 Å². The van der Waals surface area contributed by atoms with Crippen molar-refractivity contribution < 1.29 is 23.5 Å². The van der Waals surface area contributed by atoms with Crippen LogP contribution in [-0.4, -0.2) is 31.1 Å². The first-order valence-electron chi connectivity index (χ1n) is 11.6. The maximum atomic E-state index is 14.2. The van der Waals surface area contributed by atoms with Gasteiger partial charge in [-0.3, -0.25) is 9.69 Å². The van der Waals surface area contributed by atoms with Crippen LogP contribution in [0.2, 0.25) is 10.0 Å². The van der Waals surface area contributed by atoms with E-state index in [0.717, 1.165) is 5.56 Å². The molecule has 1 saturated heterocycles. The number of para-hydroxylation sites is 4. The second-order valence-corrected chi connectivity index (χ2v) is 9.64. The molecule has 0 unspecified atom stereocenters. The topological polar surface area (TPSA) is 67.9 Å². The summed E-state index contributed by atoms with van der Waals surface area (Å²) < 4.78 is 25.5. The number of esters is 1. The number of hydrogen-bond acceptors (Lipinski definition) is 5. The molecule has 5 rings (SSSR count). The minimum absolute atomic E-state index is 0.00814. The van der Waals surface area contributed by atoms with Gasteiger partial charge >= 0.3 is 5.97 Å². The molecule has 2 aliphatic heterocycles. The number of ether oxygens (including phenoxy) is 2. The average Bonchev–Trinajstić information content (AvgIpc) is 3.11. The quantitative estimate of drug-likeness (QED) is 0.312. The molecule has 2 heterocycles. The number of anilines is 3. The molecule has 1 atom stereocenters. The van der Waals surface area contributed by atoms with Gasteiger partial charge in [-0.05, 0) is 55.7 Å². The van der Waals surface area contributed by atoms with Gasteiger partial charge in [0.1, 0.15) is 11.9 Å². The largest absolute Gasteiger partial charge is 0.423 e. The molecule has 1 fully saturated rings. The van der Waals surface area contributed by atoms with Gasteiger partial charge in [-0.25, -0.2) is 9.18 Å². The first-order chi connectivity index (χ1) is 17.3. The molecule has 9 heteroatoms. The predicted molar refractivity (Wildman–Crippen MR) is 137 cm³/mol. The highest BCUT2D eigenvalue weighted by molar-refractivity contribution is 6.35. The monoisotopic (exact) mass is 528 g/mol. The molecule has 0 bridgehead atoms. The average molecular weight is 529 g/mol. The Labute approximate surface area is 217 Å². The fraction of sp³-hybridized carbons (Fsp3) is 0.259. The molecule has 1 N–H and O–H groups in total. The van der Waals surface area contributed by atoms with Gasteiger partial charge in [0, 0.05) is 13.2 Å². The van der Waals surface area contributed by atoms with E-state index in [1.54, 1.807) is 30.3 Å². The molecule has 36 heavy (non-hydrogen) atoms. The summed E-state index contributed by atoms with van der Waals surface area (Å²) in [5.41, 5.74) is 1.07. The standard InChI is InChI=1S/C27H23Cl2FN2O4/c1-16(31-23-18(28)7-5-9-20(23)30)25(33)36-22-11-3-2-10-21(22)32-24-17(6-4-8-19(24)29)27(26(32)34)12-14-35-15-13-27/h2-11,16,31H,12-15H2,1H3/t16-/m0/s1. The van der Waals surface area contributed by atoms with Crippen molar-refractivity contribution in [2.45, 2.75) is 31.2 Å². The number of carbonyl (C=O) groups excluding carboxylic acids is 2. The van der Waals surface area contributed by atoms with Crippen LogP contribution in [0.25, 0.3) is 0 Å².